The fraction of sp³-hybridized carbons (Fsp3) is 0.444. The van der Waals surface area contributed by atoms with Gasteiger partial charge in [-0.25, -0.2) is 0 Å². The fourth-order valence-corrected chi connectivity index (χ4v) is 3.30. The third-order valence-electron chi connectivity index (χ3n) is 4.49. The zero-order chi connectivity index (χ0) is 15.5. The van der Waals surface area contributed by atoms with Crippen LogP contribution >= 0.6 is 0 Å². The van der Waals surface area contributed by atoms with Gasteiger partial charge in [0.1, 0.15) is 0 Å². The lowest BCUT2D eigenvalue weighted by molar-refractivity contribution is 0.0438. The molecule has 1 aliphatic heterocycles. The van der Waals surface area contributed by atoms with Crippen LogP contribution in [0.15, 0.2) is 36.7 Å². The van der Waals surface area contributed by atoms with E-state index >= 15 is 0 Å². The van der Waals surface area contributed by atoms with Crippen molar-refractivity contribution >= 4 is 0 Å². The molecule has 3 heterocycles. The van der Waals surface area contributed by atoms with Crippen molar-refractivity contribution in [1.82, 2.24) is 15.3 Å². The average molecular weight is 297 g/mol. The first kappa shape index (κ1) is 15.1. The summed E-state index contributed by atoms with van der Waals surface area (Å²) in [6, 6.07) is 8.59. The van der Waals surface area contributed by atoms with Crippen molar-refractivity contribution in [2.75, 3.05) is 7.11 Å². The number of nitrogens with zero attached hydrogens (tertiary/aromatic N) is 2. The number of hydrogen-bond donors (Lipinski definition) is 1. The number of nitrogens with one attached hydrogen (secondary N) is 1. The first-order valence-corrected chi connectivity index (χ1v) is 7.81. The summed E-state index contributed by atoms with van der Waals surface area (Å²) in [5.41, 5.74) is 4.66. The lowest BCUT2D eigenvalue weighted by Crippen LogP contribution is -2.39. The van der Waals surface area contributed by atoms with Gasteiger partial charge < -0.3 is 10.1 Å². The Bertz CT molecular complexity index is 590. The van der Waals surface area contributed by atoms with E-state index in [1.54, 1.807) is 7.11 Å². The Hall–Kier alpha value is -1.78. The highest BCUT2D eigenvalue weighted by Crippen LogP contribution is 2.34. The van der Waals surface area contributed by atoms with Crippen LogP contribution < -0.4 is 5.32 Å². The van der Waals surface area contributed by atoms with E-state index in [-0.39, 0.29) is 18.2 Å². The summed E-state index contributed by atoms with van der Waals surface area (Å²) in [4.78, 5) is 9.17. The summed E-state index contributed by atoms with van der Waals surface area (Å²) in [5.74, 6) is 0. The Morgan fingerprint density at radius 2 is 1.45 bits per heavy atom. The predicted octanol–water partition coefficient (Wildman–Crippen LogP) is 3.27. The van der Waals surface area contributed by atoms with E-state index in [0.29, 0.717) is 0 Å². The topological polar surface area (TPSA) is 47.0 Å². The Morgan fingerprint density at radius 1 is 0.955 bits per heavy atom. The Kier molecular flexibility index (Phi) is 4.50. The molecule has 3 rings (SSSR count). The Labute approximate surface area is 132 Å². The molecule has 4 nitrogen and oxygen atoms in total. The van der Waals surface area contributed by atoms with Gasteiger partial charge in [0.2, 0.25) is 0 Å². The van der Waals surface area contributed by atoms with E-state index in [2.05, 4.69) is 41.3 Å². The van der Waals surface area contributed by atoms with Crippen molar-refractivity contribution < 1.29 is 4.74 Å². The maximum Gasteiger partial charge on any atom is 0.0608 e. The smallest absolute Gasteiger partial charge is 0.0608 e. The molecule has 2 aromatic rings. The minimum absolute atomic E-state index is 0.200. The van der Waals surface area contributed by atoms with E-state index in [1.165, 1.54) is 11.1 Å². The van der Waals surface area contributed by atoms with Crippen LogP contribution in [0.1, 0.15) is 47.4 Å². The number of hydrogen-bond acceptors (Lipinski definition) is 4. The maximum atomic E-state index is 5.68. The second-order valence-electron chi connectivity index (χ2n) is 6.01. The molecular weight excluding hydrogens is 274 g/mol. The minimum Gasteiger partial charge on any atom is -0.381 e. The summed E-state index contributed by atoms with van der Waals surface area (Å²) in [7, 11) is 1.79. The molecule has 1 aliphatic rings. The van der Waals surface area contributed by atoms with Crippen LogP contribution in [0, 0.1) is 13.8 Å². The summed E-state index contributed by atoms with van der Waals surface area (Å²) < 4.78 is 5.68. The molecule has 4 heteroatoms. The van der Waals surface area contributed by atoms with Gasteiger partial charge in [0.25, 0.3) is 0 Å². The quantitative estimate of drug-likeness (QED) is 0.944. The van der Waals surface area contributed by atoms with Gasteiger partial charge in [-0.1, -0.05) is 12.1 Å². The maximum absolute atomic E-state index is 5.68. The lowest BCUT2D eigenvalue weighted by Gasteiger charge is -2.36. The molecule has 116 valence electrons. The van der Waals surface area contributed by atoms with Crippen molar-refractivity contribution in [2.24, 2.45) is 0 Å². The minimum atomic E-state index is 0.200. The Balaban J connectivity index is 1.90. The molecule has 0 aliphatic carbocycles. The molecule has 0 radical (unpaired) electrons. The normalized spacial score (nSPS) is 25.1. The highest BCUT2D eigenvalue weighted by atomic mass is 16.5. The van der Waals surface area contributed by atoms with Crippen LogP contribution in [0.4, 0.5) is 0 Å². The van der Waals surface area contributed by atoms with E-state index in [1.807, 2.05) is 24.5 Å². The number of rotatable bonds is 3. The number of aryl methyl sites for hydroxylation is 2. The zero-order valence-corrected chi connectivity index (χ0v) is 13.4. The summed E-state index contributed by atoms with van der Waals surface area (Å²) >= 11 is 0. The van der Waals surface area contributed by atoms with Crippen molar-refractivity contribution in [3.05, 3.63) is 59.2 Å². The van der Waals surface area contributed by atoms with Gasteiger partial charge in [0.15, 0.2) is 0 Å². The van der Waals surface area contributed by atoms with Crippen molar-refractivity contribution in [1.29, 1.82) is 0 Å². The molecule has 1 fully saturated rings. The number of ether oxygens (including phenoxy) is 1. The largest absolute Gasteiger partial charge is 0.381 e. The number of methoxy groups -OCH3 is 1. The summed E-state index contributed by atoms with van der Waals surface area (Å²) in [6.45, 7) is 4.23. The fourth-order valence-electron chi connectivity index (χ4n) is 3.30. The van der Waals surface area contributed by atoms with E-state index in [9.17, 15) is 0 Å². The molecule has 0 spiro atoms. The van der Waals surface area contributed by atoms with Gasteiger partial charge in [0, 0.05) is 19.5 Å². The molecule has 0 saturated carbocycles. The molecule has 2 aromatic heterocycles. The third kappa shape index (κ3) is 3.03. The monoisotopic (exact) mass is 297 g/mol. The highest BCUT2D eigenvalue weighted by Gasteiger charge is 2.32. The second kappa shape index (κ2) is 6.55. The van der Waals surface area contributed by atoms with Gasteiger partial charge in [-0.3, -0.25) is 9.97 Å². The van der Waals surface area contributed by atoms with Gasteiger partial charge >= 0.3 is 0 Å². The van der Waals surface area contributed by atoms with E-state index in [0.717, 1.165) is 24.2 Å². The molecule has 1 saturated heterocycles. The van der Waals surface area contributed by atoms with Crippen molar-refractivity contribution in [3.8, 4) is 0 Å². The van der Waals surface area contributed by atoms with Crippen molar-refractivity contribution in [3.63, 3.8) is 0 Å². The molecular formula is C18H23N3O. The van der Waals surface area contributed by atoms with E-state index < -0.39 is 0 Å². The molecule has 0 amide bonds. The van der Waals surface area contributed by atoms with Gasteiger partial charge in [-0.15, -0.1) is 0 Å². The number of aromatic nitrogens is 2. The predicted molar refractivity (Wildman–Crippen MR) is 86.6 cm³/mol. The third-order valence-corrected chi connectivity index (χ3v) is 4.49. The van der Waals surface area contributed by atoms with E-state index in [4.69, 9.17) is 4.74 Å². The number of piperidine rings is 1. The SMILES string of the molecule is COC1C[C@@H](c2ncccc2C)N[C@@H](c2ncccc2C)C1. The standard InChI is InChI=1S/C18H23N3O/c1-12-6-4-8-19-17(12)15-10-14(22-3)11-16(21-15)18-13(2)7-5-9-20-18/h4-9,14-16,21H,10-11H2,1-3H3/t14?,15-,16+. The summed E-state index contributed by atoms with van der Waals surface area (Å²) in [5, 5.41) is 3.73. The second-order valence-corrected chi connectivity index (χ2v) is 6.01. The van der Waals surface area contributed by atoms with Crippen LogP contribution in [0.2, 0.25) is 0 Å². The molecule has 0 aromatic carbocycles. The van der Waals surface area contributed by atoms with Gasteiger partial charge in [-0.05, 0) is 49.9 Å². The average Bonchev–Trinajstić information content (AvgIpc) is 2.55. The first-order chi connectivity index (χ1) is 10.7. The van der Waals surface area contributed by atoms with Crippen LogP contribution in [-0.2, 0) is 4.74 Å². The van der Waals surface area contributed by atoms with Crippen LogP contribution in [0.25, 0.3) is 0 Å². The van der Waals surface area contributed by atoms with Gasteiger partial charge in [0.05, 0.1) is 29.6 Å². The lowest BCUT2D eigenvalue weighted by atomic mass is 9.89. The van der Waals surface area contributed by atoms with Gasteiger partial charge in [-0.2, -0.15) is 0 Å². The Morgan fingerprint density at radius 3 is 1.86 bits per heavy atom. The van der Waals surface area contributed by atoms with Crippen LogP contribution in [0.5, 0.6) is 0 Å². The molecule has 22 heavy (non-hydrogen) atoms. The molecule has 3 atom stereocenters. The molecule has 1 N–H and O–H groups in total. The van der Waals surface area contributed by atoms with Crippen LogP contribution in [0.3, 0.4) is 0 Å². The van der Waals surface area contributed by atoms with Crippen molar-refractivity contribution in [2.45, 2.75) is 44.9 Å². The zero-order valence-electron chi connectivity index (χ0n) is 13.4. The highest BCUT2D eigenvalue weighted by molar-refractivity contribution is 5.26. The molecule has 1 unspecified atom stereocenters. The summed E-state index contributed by atoms with van der Waals surface area (Å²) in [6.07, 6.45) is 5.83. The van der Waals surface area contributed by atoms with Crippen LogP contribution in [-0.4, -0.2) is 23.2 Å². The molecule has 0 bridgehead atoms. The number of pyridine rings is 2. The first-order valence-electron chi connectivity index (χ1n) is 7.81.